The molecule has 0 unspecified atom stereocenters. The number of hydrogen-bond donors (Lipinski definition) is 2. The molecule has 4 N–H and O–H groups in total. The van der Waals surface area contributed by atoms with Crippen molar-refractivity contribution in [1.29, 1.82) is 0 Å². The van der Waals surface area contributed by atoms with Crippen LogP contribution in [0.15, 0.2) is 36.4 Å². The van der Waals surface area contributed by atoms with Crippen LogP contribution in [0, 0.1) is 5.82 Å². The molecule has 2 aromatic carbocycles. The Morgan fingerprint density at radius 2 is 1.90 bits per heavy atom. The molecule has 21 heavy (non-hydrogen) atoms. The van der Waals surface area contributed by atoms with Crippen LogP contribution in [-0.2, 0) is 0 Å². The molecule has 6 nitrogen and oxygen atoms in total. The summed E-state index contributed by atoms with van der Waals surface area (Å²) in [4.78, 5) is 0. The van der Waals surface area contributed by atoms with Crippen LogP contribution in [0.5, 0.6) is 0 Å². The normalized spacial score (nSPS) is 10.8. The van der Waals surface area contributed by atoms with Gasteiger partial charge < -0.3 is 11.5 Å². The van der Waals surface area contributed by atoms with E-state index < -0.39 is 5.82 Å². The monoisotopic (exact) mass is 304 g/mol. The molecular formula is C13H10ClFN6. The van der Waals surface area contributed by atoms with Gasteiger partial charge in [-0.1, -0.05) is 11.6 Å². The van der Waals surface area contributed by atoms with Crippen molar-refractivity contribution in [2.24, 2.45) is 0 Å². The van der Waals surface area contributed by atoms with Crippen LogP contribution in [-0.4, -0.2) is 20.2 Å². The van der Waals surface area contributed by atoms with Crippen molar-refractivity contribution >= 4 is 23.0 Å². The molecule has 1 heterocycles. The maximum absolute atomic E-state index is 13.5. The van der Waals surface area contributed by atoms with E-state index in [2.05, 4.69) is 15.5 Å². The first kappa shape index (κ1) is 13.3. The molecule has 106 valence electrons. The Morgan fingerprint density at radius 1 is 1.10 bits per heavy atom. The minimum atomic E-state index is -0.482. The SMILES string of the molecule is Nc1ccc(-c2nnnn2-c2cc(F)cc(Cl)c2)c(N)c1. The molecule has 0 saturated heterocycles. The van der Waals surface area contributed by atoms with Crippen LogP contribution in [0.2, 0.25) is 5.02 Å². The maximum atomic E-state index is 13.5. The number of aromatic nitrogens is 4. The Balaban J connectivity index is 2.17. The van der Waals surface area contributed by atoms with Gasteiger partial charge in [-0.3, -0.25) is 0 Å². The molecule has 3 aromatic rings. The number of halogens is 2. The van der Waals surface area contributed by atoms with Gasteiger partial charge in [0.2, 0.25) is 0 Å². The van der Waals surface area contributed by atoms with Crippen LogP contribution in [0.25, 0.3) is 17.1 Å². The average Bonchev–Trinajstić information content (AvgIpc) is 2.86. The van der Waals surface area contributed by atoms with E-state index in [9.17, 15) is 4.39 Å². The molecule has 0 atom stereocenters. The van der Waals surface area contributed by atoms with Crippen molar-refractivity contribution in [3.8, 4) is 17.1 Å². The van der Waals surface area contributed by atoms with Crippen molar-refractivity contribution in [2.75, 3.05) is 11.5 Å². The highest BCUT2D eigenvalue weighted by Crippen LogP contribution is 2.28. The zero-order valence-electron chi connectivity index (χ0n) is 10.7. The smallest absolute Gasteiger partial charge is 0.189 e. The topological polar surface area (TPSA) is 95.6 Å². The van der Waals surface area contributed by atoms with E-state index >= 15 is 0 Å². The summed E-state index contributed by atoms with van der Waals surface area (Å²) in [5.74, 6) is -0.113. The number of nitrogens with zero attached hydrogens (tertiary/aromatic N) is 4. The highest BCUT2D eigenvalue weighted by atomic mass is 35.5. The average molecular weight is 305 g/mol. The minimum absolute atomic E-state index is 0.247. The first-order valence-corrected chi connectivity index (χ1v) is 6.32. The van der Waals surface area contributed by atoms with E-state index in [0.717, 1.165) is 0 Å². The fourth-order valence-corrected chi connectivity index (χ4v) is 2.19. The van der Waals surface area contributed by atoms with E-state index in [-0.39, 0.29) is 5.02 Å². The Hall–Kier alpha value is -2.67. The summed E-state index contributed by atoms with van der Waals surface area (Å²) in [5, 5.41) is 11.6. The lowest BCUT2D eigenvalue weighted by Crippen LogP contribution is -2.02. The summed E-state index contributed by atoms with van der Waals surface area (Å²) < 4.78 is 14.8. The van der Waals surface area contributed by atoms with Crippen LogP contribution >= 0.6 is 11.6 Å². The summed E-state index contributed by atoms with van der Waals surface area (Å²) in [7, 11) is 0. The van der Waals surface area contributed by atoms with Gasteiger partial charge in [0.05, 0.1) is 5.69 Å². The van der Waals surface area contributed by atoms with Crippen molar-refractivity contribution in [1.82, 2.24) is 20.2 Å². The van der Waals surface area contributed by atoms with Crippen molar-refractivity contribution < 1.29 is 4.39 Å². The fourth-order valence-electron chi connectivity index (χ4n) is 1.98. The van der Waals surface area contributed by atoms with Crippen LogP contribution in [0.4, 0.5) is 15.8 Å². The lowest BCUT2D eigenvalue weighted by molar-refractivity contribution is 0.625. The molecule has 3 rings (SSSR count). The molecule has 0 spiro atoms. The molecule has 0 fully saturated rings. The minimum Gasteiger partial charge on any atom is -0.399 e. The van der Waals surface area contributed by atoms with Gasteiger partial charge in [-0.25, -0.2) is 4.39 Å². The third-order valence-corrected chi connectivity index (χ3v) is 3.10. The number of hydrogen-bond acceptors (Lipinski definition) is 5. The Kier molecular flexibility index (Phi) is 3.19. The molecule has 0 amide bonds. The van der Waals surface area contributed by atoms with Crippen molar-refractivity contribution in [3.05, 3.63) is 47.2 Å². The van der Waals surface area contributed by atoms with Gasteiger partial charge in [-0.2, -0.15) is 4.68 Å². The van der Waals surface area contributed by atoms with Gasteiger partial charge in [-0.15, -0.1) is 5.10 Å². The maximum Gasteiger partial charge on any atom is 0.189 e. The quantitative estimate of drug-likeness (QED) is 0.708. The van der Waals surface area contributed by atoms with Crippen molar-refractivity contribution in [2.45, 2.75) is 0 Å². The lowest BCUT2D eigenvalue weighted by Gasteiger charge is -2.08. The van der Waals surface area contributed by atoms with Gasteiger partial charge >= 0.3 is 0 Å². The van der Waals surface area contributed by atoms with Gasteiger partial charge in [0.25, 0.3) is 0 Å². The zero-order valence-corrected chi connectivity index (χ0v) is 11.4. The van der Waals surface area contributed by atoms with Gasteiger partial charge in [0.15, 0.2) is 5.82 Å². The molecule has 0 saturated carbocycles. The molecule has 0 radical (unpaired) electrons. The second-order valence-corrected chi connectivity index (χ2v) is 4.83. The summed E-state index contributed by atoms with van der Waals surface area (Å²) >= 11 is 5.85. The Morgan fingerprint density at radius 3 is 2.62 bits per heavy atom. The summed E-state index contributed by atoms with van der Waals surface area (Å²) in [6.07, 6.45) is 0. The third kappa shape index (κ3) is 2.50. The van der Waals surface area contributed by atoms with Crippen LogP contribution < -0.4 is 11.5 Å². The van der Waals surface area contributed by atoms with E-state index in [1.807, 2.05) is 0 Å². The molecule has 1 aromatic heterocycles. The van der Waals surface area contributed by atoms with E-state index in [1.54, 1.807) is 24.3 Å². The number of benzene rings is 2. The standard InChI is InChI=1S/C13H10ClFN6/c14-7-3-8(15)5-10(4-7)21-13(18-19-20-21)11-2-1-9(16)6-12(11)17/h1-6H,16-17H2. The largest absolute Gasteiger partial charge is 0.399 e. The summed E-state index contributed by atoms with van der Waals surface area (Å²) in [6.45, 7) is 0. The summed E-state index contributed by atoms with van der Waals surface area (Å²) in [5.41, 5.74) is 13.5. The predicted molar refractivity (Wildman–Crippen MR) is 78.4 cm³/mol. The molecule has 0 aliphatic rings. The second kappa shape index (κ2) is 5.02. The number of nitrogens with two attached hydrogens (primary N) is 2. The Bertz CT molecular complexity index is 796. The zero-order chi connectivity index (χ0) is 15.0. The molecule has 0 bridgehead atoms. The van der Waals surface area contributed by atoms with E-state index in [4.69, 9.17) is 23.1 Å². The molecule has 0 aliphatic heterocycles. The first-order chi connectivity index (χ1) is 10.0. The number of nitrogen functional groups attached to an aromatic ring is 2. The van der Waals surface area contributed by atoms with Crippen LogP contribution in [0.3, 0.4) is 0 Å². The number of rotatable bonds is 2. The number of tetrazole rings is 1. The summed E-state index contributed by atoms with van der Waals surface area (Å²) in [6, 6.07) is 9.02. The lowest BCUT2D eigenvalue weighted by atomic mass is 10.1. The highest BCUT2D eigenvalue weighted by molar-refractivity contribution is 6.30. The second-order valence-electron chi connectivity index (χ2n) is 4.39. The fraction of sp³-hybridized carbons (Fsp3) is 0. The molecule has 0 aliphatic carbocycles. The van der Waals surface area contributed by atoms with E-state index in [1.165, 1.54) is 16.8 Å². The third-order valence-electron chi connectivity index (χ3n) is 2.88. The molecular weight excluding hydrogens is 295 g/mol. The van der Waals surface area contributed by atoms with Gasteiger partial charge in [-0.05, 0) is 46.8 Å². The molecule has 8 heteroatoms. The van der Waals surface area contributed by atoms with Gasteiger partial charge in [0.1, 0.15) is 5.82 Å². The number of anilines is 2. The van der Waals surface area contributed by atoms with Gasteiger partial charge in [0, 0.05) is 22.0 Å². The van der Waals surface area contributed by atoms with Crippen molar-refractivity contribution in [3.63, 3.8) is 0 Å². The Labute approximate surface area is 124 Å². The predicted octanol–water partition coefficient (Wildman–Crippen LogP) is 2.29. The van der Waals surface area contributed by atoms with Crippen LogP contribution in [0.1, 0.15) is 0 Å². The highest BCUT2D eigenvalue weighted by Gasteiger charge is 2.14. The van der Waals surface area contributed by atoms with E-state index in [0.29, 0.717) is 28.5 Å². The first-order valence-electron chi connectivity index (χ1n) is 5.95.